The smallest absolute Gasteiger partial charge is 0.223 e. The predicted octanol–water partition coefficient (Wildman–Crippen LogP) is 1.64. The van der Waals surface area contributed by atoms with Crippen molar-refractivity contribution in [3.05, 3.63) is 0 Å². The summed E-state index contributed by atoms with van der Waals surface area (Å²) >= 11 is 0. The first-order chi connectivity index (χ1) is 9.72. The highest BCUT2D eigenvalue weighted by Gasteiger charge is 2.34. The van der Waals surface area contributed by atoms with E-state index in [0.29, 0.717) is 30.0 Å². The quantitative estimate of drug-likeness (QED) is 0.825. The number of hydrogen-bond acceptors (Lipinski definition) is 3. The van der Waals surface area contributed by atoms with Gasteiger partial charge in [0.1, 0.15) is 0 Å². The minimum atomic E-state index is 0.294. The number of nitrogens with zero attached hydrogens (tertiary/aromatic N) is 1. The molecule has 0 bridgehead atoms. The zero-order chi connectivity index (χ0) is 13.9. The zero-order valence-electron chi connectivity index (χ0n) is 12.5. The van der Waals surface area contributed by atoms with Crippen LogP contribution < -0.4 is 11.1 Å². The van der Waals surface area contributed by atoms with Gasteiger partial charge in [-0.3, -0.25) is 9.69 Å². The zero-order valence-corrected chi connectivity index (χ0v) is 12.5. The fourth-order valence-electron chi connectivity index (χ4n) is 4.25. The summed E-state index contributed by atoms with van der Waals surface area (Å²) in [5, 5.41) is 3.32. The van der Waals surface area contributed by atoms with Crippen molar-refractivity contribution in [2.24, 2.45) is 11.7 Å². The van der Waals surface area contributed by atoms with Crippen LogP contribution >= 0.6 is 0 Å². The minimum absolute atomic E-state index is 0.294. The Bertz CT molecular complexity index is 341. The molecule has 3 atom stereocenters. The lowest BCUT2D eigenvalue weighted by molar-refractivity contribution is -0.126. The summed E-state index contributed by atoms with van der Waals surface area (Å²) in [5.41, 5.74) is 5.99. The number of carbonyl (C=O) groups excluding carboxylic acids is 1. The molecule has 3 rings (SSSR count). The summed E-state index contributed by atoms with van der Waals surface area (Å²) in [5.74, 6) is 0.622. The first-order valence-corrected chi connectivity index (χ1v) is 8.52. The summed E-state index contributed by atoms with van der Waals surface area (Å²) in [7, 11) is 0. The topological polar surface area (TPSA) is 58.4 Å². The van der Waals surface area contributed by atoms with Gasteiger partial charge in [-0.15, -0.1) is 0 Å². The van der Waals surface area contributed by atoms with Crippen LogP contribution in [0, 0.1) is 5.92 Å². The van der Waals surface area contributed by atoms with Gasteiger partial charge in [-0.05, 0) is 38.5 Å². The van der Waals surface area contributed by atoms with E-state index in [-0.39, 0.29) is 0 Å². The summed E-state index contributed by atoms with van der Waals surface area (Å²) < 4.78 is 0. The first kappa shape index (κ1) is 14.3. The van der Waals surface area contributed by atoms with Gasteiger partial charge in [0.05, 0.1) is 0 Å². The van der Waals surface area contributed by atoms with E-state index in [9.17, 15) is 4.79 Å². The second-order valence-electron chi connectivity index (χ2n) is 7.05. The maximum Gasteiger partial charge on any atom is 0.223 e. The van der Waals surface area contributed by atoms with Crippen LogP contribution in [0.25, 0.3) is 0 Å². The Kier molecular flexibility index (Phi) is 4.61. The molecule has 0 aromatic rings. The number of nitrogens with two attached hydrogens (primary N) is 1. The summed E-state index contributed by atoms with van der Waals surface area (Å²) in [4.78, 5) is 14.8. The summed E-state index contributed by atoms with van der Waals surface area (Å²) in [6.07, 6.45) is 10.6. The Balaban J connectivity index is 1.44. The molecule has 0 aromatic carbocycles. The lowest BCUT2D eigenvalue weighted by Gasteiger charge is -2.25. The largest absolute Gasteiger partial charge is 0.353 e. The van der Waals surface area contributed by atoms with Crippen molar-refractivity contribution in [3.63, 3.8) is 0 Å². The molecule has 1 saturated heterocycles. The SMILES string of the molecule is N[C@@H]1CCN([C@@H]2CC[C@H](NC(=O)C3CCCCC3)C2)C1. The second-order valence-corrected chi connectivity index (χ2v) is 7.05. The van der Waals surface area contributed by atoms with Crippen LogP contribution in [0.4, 0.5) is 0 Å². The minimum Gasteiger partial charge on any atom is -0.353 e. The van der Waals surface area contributed by atoms with E-state index in [2.05, 4.69) is 10.2 Å². The lowest BCUT2D eigenvalue weighted by atomic mass is 9.88. The van der Waals surface area contributed by atoms with Gasteiger partial charge >= 0.3 is 0 Å². The van der Waals surface area contributed by atoms with Gasteiger partial charge in [0, 0.05) is 37.1 Å². The first-order valence-electron chi connectivity index (χ1n) is 8.52. The molecular weight excluding hydrogens is 250 g/mol. The van der Waals surface area contributed by atoms with Gasteiger partial charge in [0.15, 0.2) is 0 Å². The van der Waals surface area contributed by atoms with Gasteiger partial charge in [0.2, 0.25) is 5.91 Å². The van der Waals surface area contributed by atoms with E-state index in [1.807, 2.05) is 0 Å². The molecule has 0 aromatic heterocycles. The molecule has 1 aliphatic heterocycles. The van der Waals surface area contributed by atoms with Crippen molar-refractivity contribution in [1.29, 1.82) is 0 Å². The normalized spacial score (nSPS) is 36.4. The average Bonchev–Trinajstić information content (AvgIpc) is 3.09. The van der Waals surface area contributed by atoms with Crippen LogP contribution in [0.1, 0.15) is 57.8 Å². The van der Waals surface area contributed by atoms with Crippen molar-refractivity contribution in [2.45, 2.75) is 75.9 Å². The molecule has 1 amide bonds. The number of rotatable bonds is 3. The van der Waals surface area contributed by atoms with Crippen LogP contribution in [0.5, 0.6) is 0 Å². The Morgan fingerprint density at radius 1 is 1.05 bits per heavy atom. The highest BCUT2D eigenvalue weighted by Crippen LogP contribution is 2.28. The third-order valence-electron chi connectivity index (χ3n) is 5.50. The van der Waals surface area contributed by atoms with Gasteiger partial charge in [-0.1, -0.05) is 19.3 Å². The van der Waals surface area contributed by atoms with Crippen LogP contribution in [-0.4, -0.2) is 42.0 Å². The second kappa shape index (κ2) is 6.44. The number of likely N-dealkylation sites (tertiary alicyclic amines) is 1. The molecule has 3 fully saturated rings. The molecule has 1 heterocycles. The van der Waals surface area contributed by atoms with E-state index in [4.69, 9.17) is 5.73 Å². The Morgan fingerprint density at radius 3 is 2.55 bits per heavy atom. The van der Waals surface area contributed by atoms with Crippen molar-refractivity contribution < 1.29 is 4.79 Å². The number of amides is 1. The van der Waals surface area contributed by atoms with E-state index in [1.54, 1.807) is 0 Å². The molecule has 3 N–H and O–H groups in total. The van der Waals surface area contributed by atoms with Gasteiger partial charge in [-0.25, -0.2) is 0 Å². The summed E-state index contributed by atoms with van der Waals surface area (Å²) in [6, 6.07) is 1.43. The van der Waals surface area contributed by atoms with Crippen molar-refractivity contribution >= 4 is 5.91 Å². The van der Waals surface area contributed by atoms with Crippen molar-refractivity contribution in [1.82, 2.24) is 10.2 Å². The van der Waals surface area contributed by atoms with Crippen molar-refractivity contribution in [3.8, 4) is 0 Å². The Hall–Kier alpha value is -0.610. The molecule has 0 unspecified atom stereocenters. The maximum absolute atomic E-state index is 12.3. The van der Waals surface area contributed by atoms with Crippen molar-refractivity contribution in [2.75, 3.05) is 13.1 Å². The molecular formula is C16H29N3O. The Morgan fingerprint density at radius 2 is 1.85 bits per heavy atom. The third kappa shape index (κ3) is 3.34. The molecule has 0 radical (unpaired) electrons. The average molecular weight is 279 g/mol. The fourth-order valence-corrected chi connectivity index (χ4v) is 4.25. The molecule has 4 nitrogen and oxygen atoms in total. The Labute approximate surface area is 122 Å². The third-order valence-corrected chi connectivity index (χ3v) is 5.50. The van der Waals surface area contributed by atoms with E-state index in [0.717, 1.165) is 45.2 Å². The highest BCUT2D eigenvalue weighted by atomic mass is 16.1. The van der Waals surface area contributed by atoms with Crippen LogP contribution in [0.2, 0.25) is 0 Å². The van der Waals surface area contributed by atoms with E-state index in [1.165, 1.54) is 25.7 Å². The van der Waals surface area contributed by atoms with Gasteiger partial charge in [0.25, 0.3) is 0 Å². The molecule has 4 heteroatoms. The molecule has 0 spiro atoms. The predicted molar refractivity (Wildman–Crippen MR) is 80.3 cm³/mol. The molecule has 20 heavy (non-hydrogen) atoms. The maximum atomic E-state index is 12.3. The lowest BCUT2D eigenvalue weighted by Crippen LogP contribution is -2.40. The number of hydrogen-bond donors (Lipinski definition) is 2. The standard InChI is InChI=1S/C16H29N3O/c17-13-8-9-19(11-13)15-7-6-14(10-15)18-16(20)12-4-2-1-3-5-12/h12-15H,1-11,17H2,(H,18,20)/t13-,14+,15-/m1/s1. The van der Waals surface area contributed by atoms with Crippen LogP contribution in [-0.2, 0) is 4.79 Å². The van der Waals surface area contributed by atoms with E-state index < -0.39 is 0 Å². The van der Waals surface area contributed by atoms with E-state index >= 15 is 0 Å². The van der Waals surface area contributed by atoms with Gasteiger partial charge in [-0.2, -0.15) is 0 Å². The molecule has 2 aliphatic carbocycles. The van der Waals surface area contributed by atoms with Crippen LogP contribution in [0.15, 0.2) is 0 Å². The van der Waals surface area contributed by atoms with Crippen LogP contribution in [0.3, 0.4) is 0 Å². The molecule has 2 saturated carbocycles. The molecule has 3 aliphatic rings. The highest BCUT2D eigenvalue weighted by molar-refractivity contribution is 5.79. The summed E-state index contributed by atoms with van der Waals surface area (Å²) in [6.45, 7) is 2.20. The molecule has 114 valence electrons. The van der Waals surface area contributed by atoms with Gasteiger partial charge < -0.3 is 11.1 Å². The monoisotopic (exact) mass is 279 g/mol. The number of carbonyl (C=O) groups is 1. The number of nitrogens with one attached hydrogen (secondary N) is 1. The fraction of sp³-hybridized carbons (Fsp3) is 0.938.